The van der Waals surface area contributed by atoms with Crippen molar-refractivity contribution in [3.8, 4) is 11.8 Å². The van der Waals surface area contributed by atoms with E-state index in [4.69, 9.17) is 9.47 Å². The molecular weight excluding hydrogens is 419 g/mol. The van der Waals surface area contributed by atoms with E-state index >= 15 is 0 Å². The molecule has 31 heavy (non-hydrogen) atoms. The predicted molar refractivity (Wildman–Crippen MR) is 115 cm³/mol. The van der Waals surface area contributed by atoms with E-state index in [1.807, 2.05) is 0 Å². The van der Waals surface area contributed by atoms with E-state index in [0.29, 0.717) is 53.2 Å². The van der Waals surface area contributed by atoms with Crippen molar-refractivity contribution in [1.82, 2.24) is 9.97 Å². The Hall–Kier alpha value is -3.09. The molecule has 1 aromatic heterocycles. The zero-order valence-corrected chi connectivity index (χ0v) is 18.0. The highest BCUT2D eigenvalue weighted by atomic mass is 32.2. The Morgan fingerprint density at radius 1 is 1.32 bits per heavy atom. The molecule has 0 bridgehead atoms. The zero-order valence-electron chi connectivity index (χ0n) is 17.2. The van der Waals surface area contributed by atoms with Gasteiger partial charge >= 0.3 is 0 Å². The van der Waals surface area contributed by atoms with Gasteiger partial charge in [0, 0.05) is 52.1 Å². The van der Waals surface area contributed by atoms with Crippen molar-refractivity contribution in [1.29, 1.82) is 5.26 Å². The third kappa shape index (κ3) is 4.98. The van der Waals surface area contributed by atoms with Crippen LogP contribution < -0.4 is 4.74 Å². The first-order chi connectivity index (χ1) is 14.8. The van der Waals surface area contributed by atoms with Crippen molar-refractivity contribution in [2.45, 2.75) is 18.9 Å². The first kappa shape index (κ1) is 21.2. The largest absolute Gasteiger partial charge is 0.488 e. The lowest BCUT2D eigenvalue weighted by Gasteiger charge is -2.16. The summed E-state index contributed by atoms with van der Waals surface area (Å²) in [7, 11) is -2.39. The molecular formula is C22H21FN4O3S. The number of ether oxygens (including phenoxy) is 2. The number of hydrogen-bond acceptors (Lipinski definition) is 7. The molecule has 4 rings (SSSR count). The SMILES string of the molecule is CS(C)(=O)=Nc1cc(C#N)c2c(Cc3ccc(F)cc3O[C@H]3CCOC3)ncnc2c1. The van der Waals surface area contributed by atoms with Crippen LogP contribution in [0, 0.1) is 17.1 Å². The van der Waals surface area contributed by atoms with E-state index in [0.717, 1.165) is 12.0 Å². The molecule has 0 unspecified atom stereocenters. The molecule has 160 valence electrons. The average molecular weight is 441 g/mol. The van der Waals surface area contributed by atoms with E-state index in [1.54, 1.807) is 18.2 Å². The summed E-state index contributed by atoms with van der Waals surface area (Å²) in [6.45, 7) is 1.09. The van der Waals surface area contributed by atoms with Crippen LogP contribution in [0.1, 0.15) is 23.2 Å². The second-order valence-corrected chi connectivity index (χ2v) is 10.2. The molecule has 7 nitrogen and oxygen atoms in total. The number of nitriles is 1. The maximum Gasteiger partial charge on any atom is 0.126 e. The van der Waals surface area contributed by atoms with Gasteiger partial charge in [-0.2, -0.15) is 9.62 Å². The lowest BCUT2D eigenvalue weighted by molar-refractivity contribution is 0.140. The summed E-state index contributed by atoms with van der Waals surface area (Å²) in [5.74, 6) is 0.0426. The fourth-order valence-electron chi connectivity index (χ4n) is 3.52. The van der Waals surface area contributed by atoms with Crippen LogP contribution in [-0.2, 0) is 20.9 Å². The molecule has 3 aromatic rings. The van der Waals surface area contributed by atoms with Gasteiger partial charge in [0.15, 0.2) is 0 Å². The third-order valence-corrected chi connectivity index (χ3v) is 5.47. The number of nitrogens with zero attached hydrogens (tertiary/aromatic N) is 4. The molecule has 0 spiro atoms. The lowest BCUT2D eigenvalue weighted by Crippen LogP contribution is -2.17. The van der Waals surface area contributed by atoms with Gasteiger partial charge in [-0.05, 0) is 18.2 Å². The summed E-state index contributed by atoms with van der Waals surface area (Å²) in [5, 5.41) is 10.3. The van der Waals surface area contributed by atoms with E-state index < -0.39 is 15.5 Å². The van der Waals surface area contributed by atoms with Gasteiger partial charge in [0.2, 0.25) is 0 Å². The molecule has 0 radical (unpaired) electrons. The molecule has 1 aliphatic rings. The van der Waals surface area contributed by atoms with Crippen LogP contribution in [0.2, 0.25) is 0 Å². The normalized spacial score (nSPS) is 16.3. The minimum Gasteiger partial charge on any atom is -0.488 e. The number of aromatic nitrogens is 2. The second-order valence-electron chi connectivity index (χ2n) is 7.62. The summed E-state index contributed by atoms with van der Waals surface area (Å²) in [6, 6.07) is 9.83. The second kappa shape index (κ2) is 8.57. The Kier molecular flexibility index (Phi) is 5.85. The molecule has 0 aliphatic carbocycles. The maximum atomic E-state index is 13.9. The smallest absolute Gasteiger partial charge is 0.126 e. The monoisotopic (exact) mass is 440 g/mol. The minimum atomic E-state index is -2.39. The standard InChI is InChI=1S/C22H21FN4O3S/c1-31(2,28)27-17-7-15(11-24)22-19(25-13-26-20(22)10-17)8-14-3-4-16(23)9-21(14)30-18-5-6-29-12-18/h3-4,7,9-10,13,18H,5-6,8,12H2,1-2H3/t18-/m0/s1. The van der Waals surface area contributed by atoms with Gasteiger partial charge in [-0.15, -0.1) is 0 Å². The molecule has 1 atom stereocenters. The Labute approximate surface area is 180 Å². The maximum absolute atomic E-state index is 13.9. The number of benzene rings is 2. The van der Waals surface area contributed by atoms with Gasteiger partial charge in [-0.3, -0.25) is 0 Å². The first-order valence-corrected chi connectivity index (χ1v) is 12.0. The summed E-state index contributed by atoms with van der Waals surface area (Å²) >= 11 is 0. The summed E-state index contributed by atoms with van der Waals surface area (Å²) < 4.78 is 41.5. The van der Waals surface area contributed by atoms with Crippen LogP contribution in [0.4, 0.5) is 10.1 Å². The molecule has 0 saturated carbocycles. The molecule has 0 N–H and O–H groups in total. The Morgan fingerprint density at radius 3 is 2.87 bits per heavy atom. The fourth-order valence-corrected chi connectivity index (χ4v) is 4.13. The van der Waals surface area contributed by atoms with Crippen LogP contribution in [0.3, 0.4) is 0 Å². The highest BCUT2D eigenvalue weighted by molar-refractivity contribution is 7.92. The van der Waals surface area contributed by atoms with E-state index in [2.05, 4.69) is 20.4 Å². The van der Waals surface area contributed by atoms with Crippen LogP contribution in [-0.4, -0.2) is 46.0 Å². The number of halogens is 1. The lowest BCUT2D eigenvalue weighted by atomic mass is 10.0. The van der Waals surface area contributed by atoms with E-state index in [1.165, 1.54) is 31.0 Å². The molecule has 1 fully saturated rings. The quantitative estimate of drug-likeness (QED) is 0.599. The molecule has 2 heterocycles. The average Bonchev–Trinajstić information content (AvgIpc) is 3.21. The summed E-state index contributed by atoms with van der Waals surface area (Å²) in [4.78, 5) is 8.67. The predicted octanol–water partition coefficient (Wildman–Crippen LogP) is 3.76. The number of fused-ring (bicyclic) bond motifs is 1. The van der Waals surface area contributed by atoms with Gasteiger partial charge in [0.1, 0.15) is 24.0 Å². The molecule has 1 aliphatic heterocycles. The van der Waals surface area contributed by atoms with Gasteiger partial charge < -0.3 is 9.47 Å². The third-order valence-electron chi connectivity index (χ3n) is 4.82. The van der Waals surface area contributed by atoms with Crippen molar-refractivity contribution in [2.24, 2.45) is 4.36 Å². The van der Waals surface area contributed by atoms with Crippen LogP contribution in [0.15, 0.2) is 41.0 Å². The Balaban J connectivity index is 1.78. The van der Waals surface area contributed by atoms with Crippen LogP contribution >= 0.6 is 0 Å². The molecule has 1 saturated heterocycles. The minimum absolute atomic E-state index is 0.125. The van der Waals surface area contributed by atoms with E-state index in [-0.39, 0.29) is 6.10 Å². The summed E-state index contributed by atoms with van der Waals surface area (Å²) in [6.07, 6.45) is 5.41. The van der Waals surface area contributed by atoms with Gasteiger partial charge in [0.05, 0.1) is 41.7 Å². The molecule has 9 heteroatoms. The van der Waals surface area contributed by atoms with Gasteiger partial charge in [-0.1, -0.05) is 6.07 Å². The van der Waals surface area contributed by atoms with Crippen molar-refractivity contribution < 1.29 is 18.1 Å². The molecule has 0 amide bonds. The van der Waals surface area contributed by atoms with Crippen molar-refractivity contribution in [3.05, 3.63) is 59.3 Å². The van der Waals surface area contributed by atoms with E-state index in [9.17, 15) is 13.9 Å². The van der Waals surface area contributed by atoms with Crippen molar-refractivity contribution >= 4 is 26.3 Å². The number of hydrogen-bond donors (Lipinski definition) is 0. The topological polar surface area (TPSA) is 97.5 Å². The molecule has 2 aromatic carbocycles. The van der Waals surface area contributed by atoms with Crippen LogP contribution in [0.25, 0.3) is 10.9 Å². The Bertz CT molecular complexity index is 1300. The van der Waals surface area contributed by atoms with Crippen molar-refractivity contribution in [2.75, 3.05) is 25.7 Å². The van der Waals surface area contributed by atoms with Crippen molar-refractivity contribution in [3.63, 3.8) is 0 Å². The summed E-state index contributed by atoms with van der Waals surface area (Å²) in [5.41, 5.74) is 2.65. The Morgan fingerprint density at radius 2 is 2.16 bits per heavy atom. The highest BCUT2D eigenvalue weighted by Gasteiger charge is 2.20. The highest BCUT2D eigenvalue weighted by Crippen LogP contribution is 2.30. The van der Waals surface area contributed by atoms with Gasteiger partial charge in [0.25, 0.3) is 0 Å². The van der Waals surface area contributed by atoms with Gasteiger partial charge in [-0.25, -0.2) is 18.6 Å². The first-order valence-electron chi connectivity index (χ1n) is 9.70. The fraction of sp³-hybridized carbons (Fsp3) is 0.318. The van der Waals surface area contributed by atoms with Crippen LogP contribution in [0.5, 0.6) is 5.75 Å². The zero-order chi connectivity index (χ0) is 22.0. The number of rotatable bonds is 5.